The van der Waals surface area contributed by atoms with Crippen LogP contribution in [0.4, 0.5) is 11.7 Å². The summed E-state index contributed by atoms with van der Waals surface area (Å²) in [5, 5.41) is 24.7. The highest BCUT2D eigenvalue weighted by molar-refractivity contribution is 7.91. The number of benzene rings is 2. The van der Waals surface area contributed by atoms with Gasteiger partial charge >= 0.3 is 5.69 Å². The zero-order chi connectivity index (χ0) is 25.2. The van der Waals surface area contributed by atoms with E-state index in [1.165, 1.54) is 18.2 Å². The number of rotatable bonds is 9. The molecule has 2 N–H and O–H groups in total. The number of nitrogens with one attached hydrogen (secondary N) is 1. The van der Waals surface area contributed by atoms with Gasteiger partial charge in [-0.1, -0.05) is 6.92 Å². The molecule has 188 valence electrons. The summed E-state index contributed by atoms with van der Waals surface area (Å²) in [6.07, 6.45) is 1.60. The molecular weight excluding hydrogens is 476 g/mol. The smallest absolute Gasteiger partial charge is 0.314 e. The lowest BCUT2D eigenvalue weighted by Crippen LogP contribution is -2.38. The molecule has 0 saturated carbocycles. The molecule has 2 heterocycles. The van der Waals surface area contributed by atoms with Gasteiger partial charge in [0.1, 0.15) is 5.52 Å². The first-order valence-electron chi connectivity index (χ1n) is 11.5. The Morgan fingerprint density at radius 3 is 2.66 bits per heavy atom. The molecule has 0 radical (unpaired) electrons. The molecule has 0 spiro atoms. The van der Waals surface area contributed by atoms with E-state index < -0.39 is 20.5 Å². The molecule has 1 aliphatic rings. The highest BCUT2D eigenvalue weighted by Crippen LogP contribution is 2.37. The number of fused-ring (bicyclic) bond motifs is 1. The maximum Gasteiger partial charge on any atom is 0.314 e. The molecule has 1 aliphatic heterocycles. The Morgan fingerprint density at radius 1 is 1.26 bits per heavy atom. The number of hydrogen-bond acceptors (Lipinski definition) is 10. The van der Waals surface area contributed by atoms with E-state index in [9.17, 15) is 23.6 Å². The molecule has 1 aromatic heterocycles. The number of hydrogen-bond donors (Lipinski definition) is 2. The summed E-state index contributed by atoms with van der Waals surface area (Å²) >= 11 is 0. The van der Waals surface area contributed by atoms with Crippen molar-refractivity contribution in [1.29, 1.82) is 0 Å². The molecule has 35 heavy (non-hydrogen) atoms. The minimum absolute atomic E-state index is 0.0183. The highest BCUT2D eigenvalue weighted by atomic mass is 32.2. The second-order valence-electron chi connectivity index (χ2n) is 8.40. The van der Waals surface area contributed by atoms with Gasteiger partial charge in [0.15, 0.2) is 21.2 Å². The maximum absolute atomic E-state index is 12.1. The number of nitrogens with zero attached hydrogens (tertiary/aromatic N) is 3. The van der Waals surface area contributed by atoms with Gasteiger partial charge in [-0.05, 0) is 49.6 Å². The van der Waals surface area contributed by atoms with Crippen molar-refractivity contribution in [3.63, 3.8) is 0 Å². The fourth-order valence-corrected chi connectivity index (χ4v) is 5.04. The number of aromatic nitrogens is 1. The third-order valence-corrected chi connectivity index (χ3v) is 7.76. The van der Waals surface area contributed by atoms with Crippen molar-refractivity contribution in [2.45, 2.75) is 44.2 Å². The van der Waals surface area contributed by atoms with Crippen molar-refractivity contribution >= 4 is 32.6 Å². The Balaban J connectivity index is 1.39. The lowest BCUT2D eigenvalue weighted by molar-refractivity contribution is -0.386. The average Bonchev–Trinajstić information content (AvgIpc) is 3.23. The fraction of sp³-hybridized carbons (Fsp3) is 0.435. The van der Waals surface area contributed by atoms with E-state index in [4.69, 9.17) is 9.15 Å². The number of sulfone groups is 1. The number of nitro benzene ring substituents is 1. The van der Waals surface area contributed by atoms with Gasteiger partial charge < -0.3 is 19.6 Å². The molecule has 11 nitrogen and oxygen atoms in total. The van der Waals surface area contributed by atoms with Crippen LogP contribution in [0.1, 0.15) is 32.3 Å². The lowest BCUT2D eigenvalue weighted by Gasteiger charge is -2.32. The Morgan fingerprint density at radius 2 is 2.00 bits per heavy atom. The Hall–Kier alpha value is -3.38. The predicted molar refractivity (Wildman–Crippen MR) is 130 cm³/mol. The van der Waals surface area contributed by atoms with Gasteiger partial charge in [-0.3, -0.25) is 15.0 Å². The summed E-state index contributed by atoms with van der Waals surface area (Å²) in [7, 11) is -3.32. The molecule has 2 aromatic carbocycles. The van der Waals surface area contributed by atoms with Gasteiger partial charge in [-0.2, -0.15) is 4.98 Å². The molecular formula is C23H28N4O7S. The van der Waals surface area contributed by atoms with E-state index in [1.54, 1.807) is 26.0 Å². The van der Waals surface area contributed by atoms with Crippen LogP contribution in [-0.2, 0) is 16.4 Å². The van der Waals surface area contributed by atoms with Crippen molar-refractivity contribution in [3.05, 3.63) is 46.0 Å². The number of phenolic OH excluding ortho intramolecular Hbond substituents is 1. The first-order valence-corrected chi connectivity index (χ1v) is 13.1. The topological polar surface area (TPSA) is 148 Å². The van der Waals surface area contributed by atoms with Crippen molar-refractivity contribution in [2.75, 3.05) is 30.8 Å². The number of aromatic hydroxyl groups is 1. The molecule has 4 rings (SSSR count). The zero-order valence-corrected chi connectivity index (χ0v) is 20.4. The number of anilines is 1. The molecule has 0 atom stereocenters. The summed E-state index contributed by atoms with van der Waals surface area (Å²) in [5.41, 5.74) is 1.33. The van der Waals surface area contributed by atoms with Crippen molar-refractivity contribution in [3.8, 4) is 11.5 Å². The quantitative estimate of drug-likeness (QED) is 0.326. The number of likely N-dealkylation sites (tertiary alicyclic amines) is 1. The van der Waals surface area contributed by atoms with Crippen LogP contribution in [0.5, 0.6) is 11.5 Å². The first kappa shape index (κ1) is 24.7. The largest absolute Gasteiger partial charge is 0.500 e. The van der Waals surface area contributed by atoms with Crippen molar-refractivity contribution in [1.82, 2.24) is 9.88 Å². The minimum Gasteiger partial charge on any atom is -0.500 e. The van der Waals surface area contributed by atoms with Crippen LogP contribution in [-0.4, -0.2) is 59.8 Å². The standard InChI is InChI=1S/C23H28N4O7S/c1-3-33-21-12-15(11-19(22(21)28)27(29)30)14-26-9-7-16(8-10-26)24-23-25-18-13-17(35(31,32)4-2)5-6-20(18)34-23/h5-6,11-13,16,28H,3-4,7-10,14H2,1-2H3,(H,24,25). The van der Waals surface area contributed by atoms with E-state index in [2.05, 4.69) is 15.2 Å². The number of ether oxygens (including phenoxy) is 1. The van der Waals surface area contributed by atoms with Crippen LogP contribution < -0.4 is 10.1 Å². The number of phenols is 1. The molecule has 3 aromatic rings. The van der Waals surface area contributed by atoms with Crippen LogP contribution in [0.3, 0.4) is 0 Å². The van der Waals surface area contributed by atoms with E-state index in [0.29, 0.717) is 29.2 Å². The van der Waals surface area contributed by atoms with Crippen LogP contribution in [0.2, 0.25) is 0 Å². The third kappa shape index (κ3) is 5.49. The normalized spacial score (nSPS) is 15.4. The zero-order valence-electron chi connectivity index (χ0n) is 19.6. The monoisotopic (exact) mass is 504 g/mol. The van der Waals surface area contributed by atoms with Gasteiger partial charge in [0.2, 0.25) is 5.75 Å². The van der Waals surface area contributed by atoms with Crippen LogP contribution in [0.25, 0.3) is 11.1 Å². The third-order valence-electron chi connectivity index (χ3n) is 6.03. The SMILES string of the molecule is CCOc1cc(CN2CCC(Nc3nc4cc(S(=O)(=O)CC)ccc4o3)CC2)cc([N+](=O)[O-])c1O. The van der Waals surface area contributed by atoms with E-state index in [1.807, 2.05) is 0 Å². The summed E-state index contributed by atoms with van der Waals surface area (Å²) < 4.78 is 35.3. The van der Waals surface area contributed by atoms with Gasteiger partial charge in [-0.25, -0.2) is 8.42 Å². The Kier molecular flexibility index (Phi) is 7.13. The van der Waals surface area contributed by atoms with Gasteiger partial charge in [0.05, 0.1) is 22.2 Å². The molecule has 0 amide bonds. The van der Waals surface area contributed by atoms with Crippen LogP contribution in [0, 0.1) is 10.1 Å². The van der Waals surface area contributed by atoms with Crippen LogP contribution in [0.15, 0.2) is 39.6 Å². The second kappa shape index (κ2) is 10.1. The molecule has 12 heteroatoms. The van der Waals surface area contributed by atoms with E-state index in [0.717, 1.165) is 25.9 Å². The lowest BCUT2D eigenvalue weighted by atomic mass is 10.0. The Bertz CT molecular complexity index is 1330. The Labute approximate surface area is 202 Å². The first-order chi connectivity index (χ1) is 16.7. The number of oxazole rings is 1. The maximum atomic E-state index is 12.1. The molecule has 1 fully saturated rings. The van der Waals surface area contributed by atoms with Crippen molar-refractivity contribution in [2.24, 2.45) is 0 Å². The predicted octanol–water partition coefficient (Wildman–Crippen LogP) is 3.71. The van der Waals surface area contributed by atoms with Crippen molar-refractivity contribution < 1.29 is 27.6 Å². The summed E-state index contributed by atoms with van der Waals surface area (Å²) in [4.78, 5) is 17.5. The summed E-state index contributed by atoms with van der Waals surface area (Å²) in [6.45, 7) is 5.62. The molecule has 0 unspecified atom stereocenters. The van der Waals surface area contributed by atoms with Gasteiger partial charge in [-0.15, -0.1) is 0 Å². The molecule has 0 bridgehead atoms. The molecule has 1 saturated heterocycles. The van der Waals surface area contributed by atoms with Crippen LogP contribution >= 0.6 is 0 Å². The average molecular weight is 505 g/mol. The fourth-order valence-electron chi connectivity index (χ4n) is 4.14. The summed E-state index contributed by atoms with van der Waals surface area (Å²) in [5.74, 6) is -0.329. The summed E-state index contributed by atoms with van der Waals surface area (Å²) in [6, 6.07) is 8.16. The molecule has 0 aliphatic carbocycles. The van der Waals surface area contributed by atoms with E-state index in [-0.39, 0.29) is 34.7 Å². The van der Waals surface area contributed by atoms with Gasteiger partial charge in [0.25, 0.3) is 6.01 Å². The van der Waals surface area contributed by atoms with E-state index >= 15 is 0 Å². The second-order valence-corrected chi connectivity index (χ2v) is 10.7. The number of piperidine rings is 1. The minimum atomic E-state index is -3.32. The van der Waals surface area contributed by atoms with Gasteiger partial charge in [0, 0.05) is 31.7 Å². The number of nitro groups is 1. The highest BCUT2D eigenvalue weighted by Gasteiger charge is 2.24.